The Morgan fingerprint density at radius 1 is 1.03 bits per heavy atom. The molecule has 190 valence electrons. The molecule has 4 rings (SSSR count). The summed E-state index contributed by atoms with van der Waals surface area (Å²) in [5.41, 5.74) is 2.01. The van der Waals surface area contributed by atoms with Gasteiger partial charge in [0.05, 0.1) is 11.0 Å². The van der Waals surface area contributed by atoms with Crippen molar-refractivity contribution in [1.29, 1.82) is 0 Å². The van der Waals surface area contributed by atoms with Gasteiger partial charge >= 0.3 is 5.69 Å². The largest absolute Gasteiger partial charge is 0.415 e. The maximum Gasteiger partial charge on any atom is 0.326 e. The highest BCUT2D eigenvalue weighted by molar-refractivity contribution is 6.74. The Morgan fingerprint density at radius 2 is 1.71 bits per heavy atom. The van der Waals surface area contributed by atoms with Gasteiger partial charge in [0.1, 0.15) is 0 Å². The van der Waals surface area contributed by atoms with Crippen LogP contribution in [0.15, 0.2) is 29.1 Å². The van der Waals surface area contributed by atoms with Gasteiger partial charge < -0.3 is 9.41 Å². The van der Waals surface area contributed by atoms with Crippen LogP contribution < -0.4 is 5.69 Å². The molecular formula is C28H47N3O2Si. The van der Waals surface area contributed by atoms with E-state index in [4.69, 9.17) is 4.43 Å². The molecule has 6 heteroatoms. The van der Waals surface area contributed by atoms with Gasteiger partial charge in [-0.25, -0.2) is 4.79 Å². The van der Waals surface area contributed by atoms with E-state index >= 15 is 0 Å². The lowest BCUT2D eigenvalue weighted by Gasteiger charge is -2.44. The second-order valence-corrected chi connectivity index (χ2v) is 17.2. The number of nitrogens with one attached hydrogen (secondary N) is 1. The molecular weight excluding hydrogens is 438 g/mol. The standard InChI is InChI=1S/C28H47N3O2Si/c1-28(2,3)34(4,5)33-21-24-19-23(31-26-16-12-11-15-25(26)29-27(31)32)17-18-30(24)20-22-13-9-7-6-8-10-14-22/h11-12,15-16,22-24H,6-10,13-14,17-21H2,1-5H3,(H,29,32). The molecule has 5 nitrogen and oxygen atoms in total. The minimum atomic E-state index is -1.83. The zero-order chi connectivity index (χ0) is 24.3. The Bertz CT molecular complexity index is 981. The molecule has 1 aromatic carbocycles. The summed E-state index contributed by atoms with van der Waals surface area (Å²) in [5.74, 6) is 0.808. The van der Waals surface area contributed by atoms with Crippen LogP contribution in [0.3, 0.4) is 0 Å². The van der Waals surface area contributed by atoms with E-state index in [1.807, 2.05) is 22.8 Å². The molecule has 1 saturated heterocycles. The van der Waals surface area contributed by atoms with Crippen molar-refractivity contribution in [2.75, 3.05) is 19.7 Å². The summed E-state index contributed by atoms with van der Waals surface area (Å²) >= 11 is 0. The number of imidazole rings is 1. The minimum Gasteiger partial charge on any atom is -0.415 e. The maximum absolute atomic E-state index is 12.9. The van der Waals surface area contributed by atoms with Crippen LogP contribution in [-0.4, -0.2) is 48.5 Å². The zero-order valence-corrected chi connectivity index (χ0v) is 23.2. The van der Waals surface area contributed by atoms with Crippen molar-refractivity contribution in [2.45, 2.75) is 109 Å². The molecule has 1 saturated carbocycles. The first-order valence-electron chi connectivity index (χ1n) is 13.7. The second kappa shape index (κ2) is 10.7. The summed E-state index contributed by atoms with van der Waals surface area (Å²) in [6.07, 6.45) is 11.8. The smallest absolute Gasteiger partial charge is 0.326 e. The Morgan fingerprint density at radius 3 is 2.41 bits per heavy atom. The molecule has 2 aliphatic rings. The molecule has 34 heavy (non-hydrogen) atoms. The van der Waals surface area contributed by atoms with E-state index in [2.05, 4.69) is 49.8 Å². The molecule has 2 heterocycles. The number of nitrogens with zero attached hydrogens (tertiary/aromatic N) is 2. The fourth-order valence-electron chi connectivity index (χ4n) is 5.74. The van der Waals surface area contributed by atoms with Crippen LogP contribution in [0.1, 0.15) is 84.6 Å². The fourth-order valence-corrected chi connectivity index (χ4v) is 6.78. The number of hydrogen-bond donors (Lipinski definition) is 1. The molecule has 2 unspecified atom stereocenters. The van der Waals surface area contributed by atoms with Crippen molar-refractivity contribution in [3.8, 4) is 0 Å². The number of H-pyrrole nitrogens is 1. The van der Waals surface area contributed by atoms with E-state index in [1.54, 1.807) is 0 Å². The van der Waals surface area contributed by atoms with Crippen molar-refractivity contribution in [3.05, 3.63) is 34.7 Å². The Balaban J connectivity index is 1.53. The summed E-state index contributed by atoms with van der Waals surface area (Å²) in [4.78, 5) is 18.7. The highest BCUT2D eigenvalue weighted by atomic mass is 28.4. The third-order valence-corrected chi connectivity index (χ3v) is 13.5. The highest BCUT2D eigenvalue weighted by Crippen LogP contribution is 2.38. The number of aromatic nitrogens is 2. The van der Waals surface area contributed by atoms with Gasteiger partial charge in [-0.3, -0.25) is 9.47 Å². The number of likely N-dealkylation sites (tertiary alicyclic amines) is 1. The van der Waals surface area contributed by atoms with Crippen LogP contribution in [0.25, 0.3) is 11.0 Å². The number of fused-ring (bicyclic) bond motifs is 1. The summed E-state index contributed by atoms with van der Waals surface area (Å²) in [6, 6.07) is 8.72. The third-order valence-electron chi connectivity index (χ3n) is 8.96. The van der Waals surface area contributed by atoms with Crippen molar-refractivity contribution in [2.24, 2.45) is 5.92 Å². The van der Waals surface area contributed by atoms with Crippen LogP contribution in [-0.2, 0) is 4.43 Å². The number of rotatable bonds is 6. The molecule has 0 bridgehead atoms. The van der Waals surface area contributed by atoms with Gasteiger partial charge in [-0.1, -0.05) is 65.0 Å². The van der Waals surface area contributed by atoms with Crippen molar-refractivity contribution >= 4 is 19.4 Å². The lowest BCUT2D eigenvalue weighted by molar-refractivity contribution is 0.0549. The van der Waals surface area contributed by atoms with Crippen LogP contribution in [0.2, 0.25) is 18.1 Å². The molecule has 1 aliphatic heterocycles. The summed E-state index contributed by atoms with van der Waals surface area (Å²) in [7, 11) is -1.83. The number of piperidine rings is 1. The Labute approximate surface area is 207 Å². The number of benzene rings is 1. The number of hydrogen-bond acceptors (Lipinski definition) is 3. The number of para-hydroxylation sites is 2. The van der Waals surface area contributed by atoms with Crippen LogP contribution in [0.4, 0.5) is 0 Å². The normalized spacial score (nSPS) is 24.3. The van der Waals surface area contributed by atoms with E-state index in [9.17, 15) is 4.79 Å². The summed E-state index contributed by atoms with van der Waals surface area (Å²) in [5, 5.41) is 0.208. The van der Waals surface area contributed by atoms with Crippen molar-refractivity contribution in [1.82, 2.24) is 14.5 Å². The average molecular weight is 486 g/mol. The molecule has 2 fully saturated rings. The zero-order valence-electron chi connectivity index (χ0n) is 22.2. The average Bonchev–Trinajstić information content (AvgIpc) is 3.09. The van der Waals surface area contributed by atoms with Gasteiger partial charge in [0.25, 0.3) is 0 Å². The highest BCUT2D eigenvalue weighted by Gasteiger charge is 2.39. The lowest BCUT2D eigenvalue weighted by atomic mass is 9.89. The lowest BCUT2D eigenvalue weighted by Crippen LogP contribution is -2.51. The van der Waals surface area contributed by atoms with Gasteiger partial charge in [-0.15, -0.1) is 0 Å². The summed E-state index contributed by atoms with van der Waals surface area (Å²) in [6.45, 7) is 14.7. The van der Waals surface area contributed by atoms with E-state index in [0.29, 0.717) is 6.04 Å². The molecule has 0 spiro atoms. The Kier molecular flexibility index (Phi) is 8.10. The predicted molar refractivity (Wildman–Crippen MR) is 145 cm³/mol. The molecule has 1 N–H and O–H groups in total. The molecule has 2 aromatic rings. The summed E-state index contributed by atoms with van der Waals surface area (Å²) < 4.78 is 8.81. The quantitative estimate of drug-likeness (QED) is 0.462. The Hall–Kier alpha value is -1.37. The molecule has 0 radical (unpaired) electrons. The number of aromatic amines is 1. The van der Waals surface area contributed by atoms with E-state index < -0.39 is 8.32 Å². The minimum absolute atomic E-state index is 0.0312. The maximum atomic E-state index is 12.9. The predicted octanol–water partition coefficient (Wildman–Crippen LogP) is 6.72. The first-order valence-corrected chi connectivity index (χ1v) is 16.6. The van der Waals surface area contributed by atoms with Crippen LogP contribution in [0.5, 0.6) is 0 Å². The van der Waals surface area contributed by atoms with Gasteiger partial charge in [0.15, 0.2) is 8.32 Å². The molecule has 1 aromatic heterocycles. The SMILES string of the molecule is CC(C)(C)[Si](C)(C)OCC1CC(n2c(=O)[nH]c3ccccc32)CCN1CC1CCCCCCC1. The topological polar surface area (TPSA) is 50.3 Å². The molecule has 0 amide bonds. The molecule has 1 aliphatic carbocycles. The first kappa shape index (κ1) is 25.7. The van der Waals surface area contributed by atoms with E-state index in [-0.39, 0.29) is 16.8 Å². The van der Waals surface area contributed by atoms with Gasteiger partial charge in [-0.05, 0) is 61.9 Å². The monoisotopic (exact) mass is 485 g/mol. The van der Waals surface area contributed by atoms with Gasteiger partial charge in [0.2, 0.25) is 0 Å². The van der Waals surface area contributed by atoms with E-state index in [1.165, 1.54) is 51.5 Å². The van der Waals surface area contributed by atoms with E-state index in [0.717, 1.165) is 42.9 Å². The van der Waals surface area contributed by atoms with Gasteiger partial charge in [-0.2, -0.15) is 0 Å². The molecule has 2 atom stereocenters. The third kappa shape index (κ3) is 5.88. The fraction of sp³-hybridized carbons (Fsp3) is 0.750. The van der Waals surface area contributed by atoms with Crippen molar-refractivity contribution in [3.63, 3.8) is 0 Å². The second-order valence-electron chi connectivity index (χ2n) is 12.4. The first-order chi connectivity index (χ1) is 16.2. The van der Waals surface area contributed by atoms with Crippen molar-refractivity contribution < 1.29 is 4.43 Å². The van der Waals surface area contributed by atoms with Crippen LogP contribution in [0, 0.1) is 5.92 Å². The van der Waals surface area contributed by atoms with Gasteiger partial charge in [0, 0.05) is 31.8 Å². The van der Waals surface area contributed by atoms with Crippen LogP contribution >= 0.6 is 0 Å².